The third-order valence-corrected chi connectivity index (χ3v) is 4.60. The Morgan fingerprint density at radius 1 is 1.12 bits per heavy atom. The van der Waals surface area contributed by atoms with Crippen LogP contribution < -0.4 is 5.32 Å². The van der Waals surface area contributed by atoms with E-state index >= 15 is 0 Å². The lowest BCUT2D eigenvalue weighted by atomic mass is 9.88. The van der Waals surface area contributed by atoms with E-state index in [1.54, 1.807) is 4.90 Å². The molecule has 0 radical (unpaired) electrons. The van der Waals surface area contributed by atoms with Gasteiger partial charge >= 0.3 is 0 Å². The zero-order valence-corrected chi connectivity index (χ0v) is 14.0. The third kappa shape index (κ3) is 3.77. The normalized spacial score (nSPS) is 15.7. The minimum atomic E-state index is -0.127. The maximum Gasteiger partial charge on any atom is 0.239 e. The summed E-state index contributed by atoms with van der Waals surface area (Å²) in [6, 6.07) is 17.5. The van der Waals surface area contributed by atoms with Gasteiger partial charge in [0.15, 0.2) is 0 Å². The van der Waals surface area contributed by atoms with Crippen LogP contribution in [-0.4, -0.2) is 36.3 Å². The fourth-order valence-electron chi connectivity index (χ4n) is 3.01. The first-order valence-electron chi connectivity index (χ1n) is 7.99. The van der Waals surface area contributed by atoms with Crippen molar-refractivity contribution in [1.29, 1.82) is 0 Å². The molecule has 1 N–H and O–H groups in total. The number of rotatable bonds is 4. The Kier molecular flexibility index (Phi) is 5.16. The van der Waals surface area contributed by atoms with E-state index < -0.39 is 0 Å². The van der Waals surface area contributed by atoms with E-state index in [2.05, 4.69) is 5.32 Å². The van der Waals surface area contributed by atoms with E-state index in [0.717, 1.165) is 11.1 Å². The molecule has 1 atom stereocenters. The molecule has 124 valence electrons. The van der Waals surface area contributed by atoms with E-state index in [9.17, 15) is 9.59 Å². The second kappa shape index (κ2) is 7.49. The average molecular weight is 343 g/mol. The van der Waals surface area contributed by atoms with E-state index in [0.29, 0.717) is 24.5 Å². The summed E-state index contributed by atoms with van der Waals surface area (Å²) in [6.45, 7) is 1.18. The van der Waals surface area contributed by atoms with Gasteiger partial charge in [0.25, 0.3) is 0 Å². The van der Waals surface area contributed by atoms with Crippen LogP contribution in [0, 0.1) is 0 Å². The van der Waals surface area contributed by atoms with Crippen molar-refractivity contribution in [1.82, 2.24) is 10.2 Å². The second-order valence-electron chi connectivity index (χ2n) is 5.85. The monoisotopic (exact) mass is 342 g/mol. The smallest absolute Gasteiger partial charge is 0.239 e. The molecule has 1 aliphatic rings. The van der Waals surface area contributed by atoms with Crippen LogP contribution in [0.4, 0.5) is 0 Å². The number of piperazine rings is 1. The Hall–Kier alpha value is -2.33. The van der Waals surface area contributed by atoms with Gasteiger partial charge < -0.3 is 10.2 Å². The molecule has 1 heterocycles. The summed E-state index contributed by atoms with van der Waals surface area (Å²) in [5.74, 6) is -0.264. The van der Waals surface area contributed by atoms with Crippen molar-refractivity contribution in [3.8, 4) is 0 Å². The summed E-state index contributed by atoms with van der Waals surface area (Å²) in [4.78, 5) is 25.9. The lowest BCUT2D eigenvalue weighted by molar-refractivity contribution is -0.138. The predicted molar refractivity (Wildman–Crippen MR) is 93.9 cm³/mol. The number of nitrogens with one attached hydrogen (secondary N) is 1. The Bertz CT molecular complexity index is 733. The van der Waals surface area contributed by atoms with Crippen molar-refractivity contribution >= 4 is 23.4 Å². The van der Waals surface area contributed by atoms with E-state index in [1.165, 1.54) is 0 Å². The van der Waals surface area contributed by atoms with Crippen LogP contribution in [0.3, 0.4) is 0 Å². The van der Waals surface area contributed by atoms with Crippen molar-refractivity contribution in [3.05, 3.63) is 70.7 Å². The molecule has 0 aromatic heterocycles. The molecular formula is C19H19ClN2O2. The molecule has 1 saturated heterocycles. The van der Waals surface area contributed by atoms with E-state index in [-0.39, 0.29) is 24.3 Å². The van der Waals surface area contributed by atoms with Crippen LogP contribution in [0.2, 0.25) is 5.02 Å². The summed E-state index contributed by atoms with van der Waals surface area (Å²) in [5.41, 5.74) is 1.97. The molecule has 0 bridgehead atoms. The molecular weight excluding hydrogens is 324 g/mol. The minimum absolute atomic E-state index is 0.0291. The maximum atomic E-state index is 12.7. The summed E-state index contributed by atoms with van der Waals surface area (Å²) in [7, 11) is 0. The highest BCUT2D eigenvalue weighted by atomic mass is 35.5. The molecule has 24 heavy (non-hydrogen) atoms. The maximum absolute atomic E-state index is 12.7. The van der Waals surface area contributed by atoms with Gasteiger partial charge in [-0.15, -0.1) is 0 Å². The first-order valence-corrected chi connectivity index (χ1v) is 8.37. The Morgan fingerprint density at radius 2 is 1.83 bits per heavy atom. The highest BCUT2D eigenvalue weighted by molar-refractivity contribution is 6.31. The SMILES string of the molecule is O=C1CN(C(=O)C[C@@H](c2ccccc2)c2ccccc2Cl)CCN1. The van der Waals surface area contributed by atoms with Crippen LogP contribution >= 0.6 is 11.6 Å². The van der Waals surface area contributed by atoms with Crippen molar-refractivity contribution in [3.63, 3.8) is 0 Å². The van der Waals surface area contributed by atoms with Gasteiger partial charge in [0, 0.05) is 30.5 Å². The van der Waals surface area contributed by atoms with Crippen molar-refractivity contribution in [2.75, 3.05) is 19.6 Å². The second-order valence-corrected chi connectivity index (χ2v) is 6.26. The molecule has 4 nitrogen and oxygen atoms in total. The summed E-state index contributed by atoms with van der Waals surface area (Å²) >= 11 is 6.37. The van der Waals surface area contributed by atoms with Gasteiger partial charge in [0.2, 0.25) is 11.8 Å². The molecule has 5 heteroatoms. The van der Waals surface area contributed by atoms with Crippen LogP contribution in [0.15, 0.2) is 54.6 Å². The number of hydrogen-bond acceptors (Lipinski definition) is 2. The Balaban J connectivity index is 1.87. The quantitative estimate of drug-likeness (QED) is 0.928. The van der Waals surface area contributed by atoms with Crippen molar-refractivity contribution in [2.24, 2.45) is 0 Å². The van der Waals surface area contributed by atoms with Crippen LogP contribution in [0.25, 0.3) is 0 Å². The molecule has 2 aromatic rings. The number of halogens is 1. The molecule has 1 aliphatic heterocycles. The topological polar surface area (TPSA) is 49.4 Å². The number of hydrogen-bond donors (Lipinski definition) is 1. The third-order valence-electron chi connectivity index (χ3n) is 4.25. The predicted octanol–water partition coefficient (Wildman–Crippen LogP) is 2.82. The molecule has 1 fully saturated rings. The van der Waals surface area contributed by atoms with Crippen molar-refractivity contribution in [2.45, 2.75) is 12.3 Å². The standard InChI is InChI=1S/C19H19ClN2O2/c20-17-9-5-4-8-15(17)16(14-6-2-1-3-7-14)12-19(24)22-11-10-21-18(23)13-22/h1-9,16H,10-13H2,(H,21,23)/t16-/m0/s1. The first kappa shape index (κ1) is 16.5. The van der Waals surface area contributed by atoms with Gasteiger partial charge in [-0.25, -0.2) is 0 Å². The molecule has 2 amide bonds. The van der Waals surface area contributed by atoms with Crippen molar-refractivity contribution < 1.29 is 9.59 Å². The van der Waals surface area contributed by atoms with Gasteiger partial charge in [-0.3, -0.25) is 9.59 Å². The molecule has 0 saturated carbocycles. The van der Waals surface area contributed by atoms with E-state index in [4.69, 9.17) is 11.6 Å². The van der Waals surface area contributed by atoms with Crippen LogP contribution in [-0.2, 0) is 9.59 Å². The molecule has 2 aromatic carbocycles. The van der Waals surface area contributed by atoms with Gasteiger partial charge in [-0.2, -0.15) is 0 Å². The number of carbonyl (C=O) groups is 2. The van der Waals surface area contributed by atoms with E-state index in [1.807, 2.05) is 54.6 Å². The highest BCUT2D eigenvalue weighted by Crippen LogP contribution is 2.33. The zero-order chi connectivity index (χ0) is 16.9. The fraction of sp³-hybridized carbons (Fsp3) is 0.263. The fourth-order valence-corrected chi connectivity index (χ4v) is 3.27. The largest absolute Gasteiger partial charge is 0.353 e. The average Bonchev–Trinajstić information content (AvgIpc) is 2.61. The molecule has 3 rings (SSSR count). The number of nitrogens with zero attached hydrogens (tertiary/aromatic N) is 1. The number of amides is 2. The highest BCUT2D eigenvalue weighted by Gasteiger charge is 2.26. The molecule has 0 spiro atoms. The van der Waals surface area contributed by atoms with Crippen LogP contribution in [0.1, 0.15) is 23.5 Å². The number of benzene rings is 2. The number of carbonyl (C=O) groups excluding carboxylic acids is 2. The van der Waals surface area contributed by atoms with Gasteiger partial charge in [-0.05, 0) is 17.2 Å². The lowest BCUT2D eigenvalue weighted by Crippen LogP contribution is -2.50. The minimum Gasteiger partial charge on any atom is -0.353 e. The molecule has 0 aliphatic carbocycles. The van der Waals surface area contributed by atoms with Gasteiger partial charge in [0.05, 0.1) is 6.54 Å². The zero-order valence-electron chi connectivity index (χ0n) is 13.2. The van der Waals surface area contributed by atoms with Gasteiger partial charge in [0.1, 0.15) is 0 Å². The van der Waals surface area contributed by atoms with Gasteiger partial charge in [-0.1, -0.05) is 60.1 Å². The Morgan fingerprint density at radius 3 is 2.54 bits per heavy atom. The lowest BCUT2D eigenvalue weighted by Gasteiger charge is -2.29. The van der Waals surface area contributed by atoms with Crippen LogP contribution in [0.5, 0.6) is 0 Å². The summed E-state index contributed by atoms with van der Waals surface area (Å²) in [6.07, 6.45) is 0.293. The first-order chi connectivity index (χ1) is 11.6. The molecule has 0 unspecified atom stereocenters. The Labute approximate surface area is 146 Å². The summed E-state index contributed by atoms with van der Waals surface area (Å²) in [5, 5.41) is 3.39. The summed E-state index contributed by atoms with van der Waals surface area (Å²) < 4.78 is 0.